The van der Waals surface area contributed by atoms with Gasteiger partial charge in [0.05, 0.1) is 9.82 Å². The molecule has 1 heterocycles. The van der Waals surface area contributed by atoms with Gasteiger partial charge in [-0.3, -0.25) is 14.9 Å². The van der Waals surface area contributed by atoms with Gasteiger partial charge in [-0.2, -0.15) is 8.78 Å². The zero-order valence-electron chi connectivity index (χ0n) is 13.1. The number of nitro benzene ring substituents is 1. The van der Waals surface area contributed by atoms with Crippen LogP contribution in [0.5, 0.6) is 0 Å². The monoisotopic (exact) mass is 377 g/mol. The quantitative estimate of drug-likeness (QED) is 0.594. The lowest BCUT2D eigenvalue weighted by atomic mass is 9.94. The molecule has 1 amide bonds. The van der Waals surface area contributed by atoms with Crippen molar-refractivity contribution in [2.24, 2.45) is 11.7 Å². The Labute approximate surface area is 142 Å². The summed E-state index contributed by atoms with van der Waals surface area (Å²) in [4.78, 5) is 22.4. The number of carbonyl (C=O) groups is 1. The van der Waals surface area contributed by atoms with E-state index in [2.05, 4.69) is 0 Å². The number of anilines is 1. The predicted octanol–water partition coefficient (Wildman–Crippen LogP) is 1.68. The molecular weight excluding hydrogens is 360 g/mol. The minimum absolute atomic E-state index is 0.0738. The second-order valence-corrected chi connectivity index (χ2v) is 7.76. The van der Waals surface area contributed by atoms with Gasteiger partial charge in [0, 0.05) is 25.6 Å². The molecule has 1 aliphatic rings. The lowest BCUT2D eigenvalue weighted by Crippen LogP contribution is -2.37. The second kappa shape index (κ2) is 7.30. The first-order valence-electron chi connectivity index (χ1n) is 7.46. The molecule has 0 aliphatic carbocycles. The molecular formula is C14H17F2N3O5S. The van der Waals surface area contributed by atoms with Crippen LogP contribution in [0.2, 0.25) is 0 Å². The number of piperidine rings is 1. The fourth-order valence-corrected chi connectivity index (χ4v) is 3.67. The third kappa shape index (κ3) is 4.21. The van der Waals surface area contributed by atoms with Gasteiger partial charge in [-0.25, -0.2) is 8.42 Å². The third-order valence-electron chi connectivity index (χ3n) is 4.06. The molecule has 1 aromatic carbocycles. The molecule has 11 heteroatoms. The number of carbonyl (C=O) groups excluding carboxylic acids is 1. The number of nitro groups is 1. The smallest absolute Gasteiger partial charge is 0.341 e. The molecule has 1 aliphatic heterocycles. The Morgan fingerprint density at radius 3 is 2.68 bits per heavy atom. The van der Waals surface area contributed by atoms with Crippen LogP contribution in [0.4, 0.5) is 20.2 Å². The van der Waals surface area contributed by atoms with E-state index in [1.807, 2.05) is 0 Å². The van der Waals surface area contributed by atoms with Crippen molar-refractivity contribution in [1.82, 2.24) is 0 Å². The van der Waals surface area contributed by atoms with Gasteiger partial charge in [-0.15, -0.1) is 0 Å². The summed E-state index contributed by atoms with van der Waals surface area (Å²) in [5.74, 6) is -4.21. The average Bonchev–Trinajstić information content (AvgIpc) is 2.53. The molecule has 0 spiro atoms. The van der Waals surface area contributed by atoms with Gasteiger partial charge in [0.2, 0.25) is 15.7 Å². The van der Waals surface area contributed by atoms with Gasteiger partial charge in [0.1, 0.15) is 5.69 Å². The number of rotatable bonds is 6. The molecule has 1 atom stereocenters. The largest absolute Gasteiger partial charge is 0.370 e. The number of benzene rings is 1. The zero-order valence-corrected chi connectivity index (χ0v) is 13.9. The maximum atomic E-state index is 12.6. The first-order chi connectivity index (χ1) is 11.6. The van der Waals surface area contributed by atoms with Crippen LogP contribution in [0, 0.1) is 16.0 Å². The van der Waals surface area contributed by atoms with Crippen LogP contribution in [-0.2, 0) is 14.6 Å². The van der Waals surface area contributed by atoms with Crippen LogP contribution in [0.1, 0.15) is 19.3 Å². The van der Waals surface area contributed by atoms with Crippen molar-refractivity contribution in [2.45, 2.75) is 29.9 Å². The molecule has 1 unspecified atom stereocenters. The summed E-state index contributed by atoms with van der Waals surface area (Å²) in [7, 11) is -4.92. The van der Waals surface area contributed by atoms with Gasteiger partial charge in [-0.05, 0) is 30.9 Å². The molecule has 1 aromatic rings. The Hall–Kier alpha value is -2.30. The Morgan fingerprint density at radius 1 is 1.44 bits per heavy atom. The molecule has 138 valence electrons. The van der Waals surface area contributed by atoms with E-state index in [1.165, 1.54) is 0 Å². The molecule has 25 heavy (non-hydrogen) atoms. The molecule has 0 saturated carbocycles. The van der Waals surface area contributed by atoms with Crippen molar-refractivity contribution in [3.63, 3.8) is 0 Å². The highest BCUT2D eigenvalue weighted by Crippen LogP contribution is 2.35. The van der Waals surface area contributed by atoms with Crippen molar-refractivity contribution in [2.75, 3.05) is 18.0 Å². The van der Waals surface area contributed by atoms with Gasteiger partial charge >= 0.3 is 5.76 Å². The number of primary amides is 1. The summed E-state index contributed by atoms with van der Waals surface area (Å²) in [5.41, 5.74) is 4.74. The van der Waals surface area contributed by atoms with E-state index < -0.39 is 37.0 Å². The Bertz CT molecular complexity index is 785. The summed E-state index contributed by atoms with van der Waals surface area (Å²) in [6.07, 6.45) is 1.55. The molecule has 8 nitrogen and oxygen atoms in total. The molecule has 0 bridgehead atoms. The van der Waals surface area contributed by atoms with E-state index in [9.17, 15) is 32.1 Å². The van der Waals surface area contributed by atoms with Gasteiger partial charge in [0.25, 0.3) is 5.69 Å². The number of alkyl halides is 2. The van der Waals surface area contributed by atoms with E-state index in [0.717, 1.165) is 18.6 Å². The van der Waals surface area contributed by atoms with E-state index in [-0.39, 0.29) is 18.0 Å². The van der Waals surface area contributed by atoms with Crippen LogP contribution in [0.25, 0.3) is 0 Å². The highest BCUT2D eigenvalue weighted by Gasteiger charge is 2.31. The minimum Gasteiger partial charge on any atom is -0.370 e. The van der Waals surface area contributed by atoms with E-state index in [1.54, 1.807) is 4.90 Å². The lowest BCUT2D eigenvalue weighted by Gasteiger charge is -2.33. The van der Waals surface area contributed by atoms with Crippen molar-refractivity contribution in [3.05, 3.63) is 28.3 Å². The van der Waals surface area contributed by atoms with E-state index in [4.69, 9.17) is 5.73 Å². The number of hydrogen-bond acceptors (Lipinski definition) is 6. The summed E-state index contributed by atoms with van der Waals surface area (Å²) >= 11 is 0. The molecule has 2 N–H and O–H groups in total. The number of hydrogen-bond donors (Lipinski definition) is 1. The summed E-state index contributed by atoms with van der Waals surface area (Å²) < 4.78 is 48.4. The highest BCUT2D eigenvalue weighted by atomic mass is 32.2. The molecule has 0 aromatic heterocycles. The van der Waals surface area contributed by atoms with Crippen molar-refractivity contribution >= 4 is 27.1 Å². The summed E-state index contributed by atoms with van der Waals surface area (Å²) in [5, 5.41) is 11.3. The van der Waals surface area contributed by atoms with E-state index in [0.29, 0.717) is 25.6 Å². The Kier molecular flexibility index (Phi) is 5.55. The number of sulfone groups is 1. The summed E-state index contributed by atoms with van der Waals surface area (Å²) in [6.45, 7) is 0.807. The van der Waals surface area contributed by atoms with Gasteiger partial charge in [-0.1, -0.05) is 0 Å². The van der Waals surface area contributed by atoms with Gasteiger partial charge < -0.3 is 10.6 Å². The molecule has 2 rings (SSSR count). The zero-order chi connectivity index (χ0) is 18.8. The number of halogens is 2. The third-order valence-corrected chi connectivity index (χ3v) is 5.44. The van der Waals surface area contributed by atoms with Crippen LogP contribution < -0.4 is 10.6 Å². The maximum Gasteiger partial charge on any atom is 0.341 e. The van der Waals surface area contributed by atoms with Crippen molar-refractivity contribution in [3.8, 4) is 0 Å². The van der Waals surface area contributed by atoms with Crippen LogP contribution in [0.15, 0.2) is 23.1 Å². The normalized spacial score (nSPS) is 18.4. The molecule has 1 saturated heterocycles. The second-order valence-electron chi connectivity index (χ2n) is 5.84. The fraction of sp³-hybridized carbons (Fsp3) is 0.500. The first kappa shape index (κ1) is 19.0. The van der Waals surface area contributed by atoms with Crippen molar-refractivity contribution in [1.29, 1.82) is 0 Å². The molecule has 1 fully saturated rings. The predicted molar refractivity (Wildman–Crippen MR) is 85.0 cm³/mol. The molecule has 0 radical (unpaired) electrons. The average molecular weight is 377 g/mol. The lowest BCUT2D eigenvalue weighted by molar-refractivity contribution is -0.384. The first-order valence-corrected chi connectivity index (χ1v) is 9.01. The standard InChI is InChI=1S/C14H17F2N3O5S/c15-14(16)25(23,24)10-3-4-11(12(7-10)19(21)22)18-5-1-2-9(8-18)6-13(17)20/h3-4,7,9,14H,1-2,5-6,8H2,(H2,17,20). The maximum absolute atomic E-state index is 12.6. The fourth-order valence-electron chi connectivity index (χ4n) is 2.93. The van der Waals surface area contributed by atoms with Gasteiger partial charge in [0.15, 0.2) is 0 Å². The number of nitrogens with zero attached hydrogens (tertiary/aromatic N) is 2. The SMILES string of the molecule is NC(=O)CC1CCCN(c2ccc(S(=O)(=O)C(F)F)cc2[N+](=O)[O-])C1. The highest BCUT2D eigenvalue weighted by molar-refractivity contribution is 7.91. The van der Waals surface area contributed by atoms with Crippen LogP contribution in [0.3, 0.4) is 0 Å². The van der Waals surface area contributed by atoms with Crippen LogP contribution in [-0.4, -0.2) is 38.1 Å². The van der Waals surface area contributed by atoms with Crippen LogP contribution >= 0.6 is 0 Å². The minimum atomic E-state index is -4.92. The number of nitrogens with two attached hydrogens (primary N) is 1. The Morgan fingerprint density at radius 2 is 2.12 bits per heavy atom. The topological polar surface area (TPSA) is 124 Å². The van der Waals surface area contributed by atoms with Crippen molar-refractivity contribution < 1.29 is 26.9 Å². The number of amides is 1. The Balaban J connectivity index is 2.38. The summed E-state index contributed by atoms with van der Waals surface area (Å²) in [6, 6.07) is 2.73. The van der Waals surface area contributed by atoms with E-state index >= 15 is 0 Å².